The summed E-state index contributed by atoms with van der Waals surface area (Å²) in [6, 6.07) is 7.85. The van der Waals surface area contributed by atoms with Gasteiger partial charge in [0.15, 0.2) is 11.5 Å². The van der Waals surface area contributed by atoms with Crippen molar-refractivity contribution in [3.63, 3.8) is 0 Å². The van der Waals surface area contributed by atoms with Crippen LogP contribution in [0.15, 0.2) is 36.5 Å². The summed E-state index contributed by atoms with van der Waals surface area (Å²) in [5.41, 5.74) is 7.63. The fourth-order valence-electron chi connectivity index (χ4n) is 2.55. The highest BCUT2D eigenvalue weighted by molar-refractivity contribution is 7.78. The number of primary amides is 1. The highest BCUT2D eigenvalue weighted by Gasteiger charge is 2.18. The lowest BCUT2D eigenvalue weighted by Crippen LogP contribution is -2.30. The first-order valence-corrected chi connectivity index (χ1v) is 8.72. The second-order valence-electron chi connectivity index (χ2n) is 5.92. The van der Waals surface area contributed by atoms with Gasteiger partial charge in [0.2, 0.25) is 0 Å². The predicted octanol–water partition coefficient (Wildman–Crippen LogP) is 3.07. The maximum atomic E-state index is 11.3. The van der Waals surface area contributed by atoms with Gasteiger partial charge in [0, 0.05) is 23.9 Å². The van der Waals surface area contributed by atoms with Crippen LogP contribution in [0.3, 0.4) is 0 Å². The van der Waals surface area contributed by atoms with Crippen LogP contribution in [-0.2, 0) is 0 Å². The van der Waals surface area contributed by atoms with Crippen molar-refractivity contribution in [2.45, 2.75) is 13.0 Å². The Balaban J connectivity index is 1.92. The van der Waals surface area contributed by atoms with Crippen molar-refractivity contribution >= 4 is 41.5 Å². The average Bonchev–Trinajstić information content (AvgIpc) is 2.71. The normalized spacial score (nSPS) is 11.7. The maximum absolute atomic E-state index is 11.3. The Kier molecular flexibility index (Phi) is 5.69. The summed E-state index contributed by atoms with van der Waals surface area (Å²) in [4.78, 5) is 24.7. The van der Waals surface area contributed by atoms with Crippen LogP contribution in [0.25, 0.3) is 11.2 Å². The zero-order valence-electron chi connectivity index (χ0n) is 15.6. The van der Waals surface area contributed by atoms with Crippen LogP contribution >= 0.6 is 12.8 Å². The molecule has 1 unspecified atom stereocenters. The molecule has 9 nitrogen and oxygen atoms in total. The highest BCUT2D eigenvalue weighted by Crippen LogP contribution is 2.28. The summed E-state index contributed by atoms with van der Waals surface area (Å²) < 4.78 is 11.6. The molecule has 3 N–H and O–H groups in total. The van der Waals surface area contributed by atoms with E-state index < -0.39 is 12.1 Å². The molecule has 10 heteroatoms. The molecule has 1 atom stereocenters. The topological polar surface area (TPSA) is 115 Å². The second kappa shape index (κ2) is 8.17. The van der Waals surface area contributed by atoms with Gasteiger partial charge in [-0.15, -0.1) is 0 Å². The first-order valence-electron chi connectivity index (χ1n) is 8.32. The molecule has 2 aromatic heterocycles. The summed E-state index contributed by atoms with van der Waals surface area (Å²) in [6.45, 7) is 1.77. The van der Waals surface area contributed by atoms with Gasteiger partial charge in [0.05, 0.1) is 32.2 Å². The Bertz CT molecular complexity index is 994. The third kappa shape index (κ3) is 4.17. The molecular weight excluding hydrogens is 380 g/mol. The molecule has 0 aliphatic carbocycles. The molecule has 0 aliphatic heterocycles. The minimum atomic E-state index is -0.661. The molecule has 2 amide bonds. The molecule has 1 aromatic carbocycles. The predicted molar refractivity (Wildman–Crippen MR) is 109 cm³/mol. The third-order valence-corrected chi connectivity index (χ3v) is 4.62. The SMILES string of the molecule is COc1cc(Nc2cnc3ccc(C(C)N(S)C(N)=O)nc3n2)cc(OC)c1. The number of fused-ring (bicyclic) bond motifs is 1. The van der Waals surface area contributed by atoms with Crippen molar-refractivity contribution in [3.8, 4) is 11.5 Å². The van der Waals surface area contributed by atoms with Crippen molar-refractivity contribution in [3.05, 3.63) is 42.2 Å². The number of carbonyl (C=O) groups excluding carboxylic acids is 1. The molecule has 0 aliphatic rings. The number of urea groups is 1. The molecule has 0 saturated carbocycles. The number of methoxy groups -OCH3 is 2. The van der Waals surface area contributed by atoms with Gasteiger partial charge in [-0.05, 0) is 19.1 Å². The number of benzene rings is 1. The molecule has 0 fully saturated rings. The molecule has 2 heterocycles. The fraction of sp³-hybridized carbons (Fsp3) is 0.222. The number of rotatable bonds is 6. The van der Waals surface area contributed by atoms with Crippen LogP contribution < -0.4 is 20.5 Å². The highest BCUT2D eigenvalue weighted by atomic mass is 32.1. The number of nitrogens with one attached hydrogen (secondary N) is 1. The van der Waals surface area contributed by atoms with Crippen molar-refractivity contribution in [1.82, 2.24) is 19.3 Å². The van der Waals surface area contributed by atoms with Gasteiger partial charge in [-0.25, -0.2) is 19.7 Å². The maximum Gasteiger partial charge on any atom is 0.325 e. The Morgan fingerprint density at radius 1 is 1.18 bits per heavy atom. The monoisotopic (exact) mass is 400 g/mol. The Labute approximate surface area is 167 Å². The van der Waals surface area contributed by atoms with E-state index in [2.05, 4.69) is 33.1 Å². The molecule has 3 aromatic rings. The average molecular weight is 400 g/mol. The first-order chi connectivity index (χ1) is 13.4. The number of amides is 2. The zero-order valence-corrected chi connectivity index (χ0v) is 16.5. The van der Waals surface area contributed by atoms with Crippen molar-refractivity contribution in [2.75, 3.05) is 19.5 Å². The van der Waals surface area contributed by atoms with Gasteiger partial charge in [0.25, 0.3) is 0 Å². The number of pyridine rings is 1. The van der Waals surface area contributed by atoms with Crippen LogP contribution in [0.2, 0.25) is 0 Å². The quantitative estimate of drug-likeness (QED) is 0.545. The summed E-state index contributed by atoms with van der Waals surface area (Å²) in [7, 11) is 3.16. The summed E-state index contributed by atoms with van der Waals surface area (Å²) >= 11 is 4.10. The van der Waals surface area contributed by atoms with E-state index in [4.69, 9.17) is 15.2 Å². The smallest absolute Gasteiger partial charge is 0.325 e. The number of aromatic nitrogens is 3. The number of nitrogens with two attached hydrogens (primary N) is 1. The molecule has 0 saturated heterocycles. The van der Waals surface area contributed by atoms with Crippen molar-refractivity contribution < 1.29 is 14.3 Å². The number of hydrogen-bond donors (Lipinski definition) is 3. The summed E-state index contributed by atoms with van der Waals surface area (Å²) in [6.07, 6.45) is 1.60. The lowest BCUT2D eigenvalue weighted by Gasteiger charge is -2.20. The number of ether oxygens (including phenoxy) is 2. The van der Waals surface area contributed by atoms with Crippen LogP contribution in [0, 0.1) is 0 Å². The molecule has 0 bridgehead atoms. The van der Waals surface area contributed by atoms with Gasteiger partial charge in [-0.1, -0.05) is 12.8 Å². The standard InChI is InChI=1S/C18H20N6O3S/c1-10(24(28)18(19)25)14-4-5-15-17(22-14)23-16(9-20-15)21-11-6-12(26-2)8-13(7-11)27-3/h4-10,28H,1-3H3,(H2,19,25)(H,21,22,23). The van der Waals surface area contributed by atoms with Gasteiger partial charge in [0.1, 0.15) is 17.0 Å². The summed E-state index contributed by atoms with van der Waals surface area (Å²) in [5, 5.41) is 3.16. The number of nitrogens with zero attached hydrogens (tertiary/aromatic N) is 4. The van der Waals surface area contributed by atoms with Gasteiger partial charge in [-0.3, -0.25) is 4.31 Å². The Morgan fingerprint density at radius 3 is 2.46 bits per heavy atom. The van der Waals surface area contributed by atoms with Crippen LogP contribution in [0.1, 0.15) is 18.7 Å². The van der Waals surface area contributed by atoms with E-state index in [0.29, 0.717) is 34.2 Å². The van der Waals surface area contributed by atoms with Crippen molar-refractivity contribution in [2.24, 2.45) is 5.73 Å². The van der Waals surface area contributed by atoms with E-state index in [1.165, 1.54) is 0 Å². The van der Waals surface area contributed by atoms with Gasteiger partial charge < -0.3 is 20.5 Å². The molecule has 3 rings (SSSR count). The minimum absolute atomic E-state index is 0.425. The minimum Gasteiger partial charge on any atom is -0.497 e. The lowest BCUT2D eigenvalue weighted by molar-refractivity contribution is 0.227. The molecule has 28 heavy (non-hydrogen) atoms. The van der Waals surface area contributed by atoms with E-state index in [9.17, 15) is 4.79 Å². The fourth-order valence-corrected chi connectivity index (χ4v) is 2.67. The van der Waals surface area contributed by atoms with Gasteiger partial charge in [-0.2, -0.15) is 0 Å². The largest absolute Gasteiger partial charge is 0.497 e. The van der Waals surface area contributed by atoms with Crippen LogP contribution in [-0.4, -0.2) is 39.5 Å². The van der Waals surface area contributed by atoms with E-state index in [0.717, 1.165) is 9.99 Å². The lowest BCUT2D eigenvalue weighted by atomic mass is 10.2. The number of thiol groups is 1. The molecular formula is C18H20N6O3S. The number of anilines is 2. The van der Waals surface area contributed by atoms with E-state index in [1.807, 2.05) is 12.1 Å². The Hall–Kier alpha value is -3.27. The zero-order chi connectivity index (χ0) is 20.3. The third-order valence-electron chi connectivity index (χ3n) is 4.07. The van der Waals surface area contributed by atoms with Crippen molar-refractivity contribution in [1.29, 1.82) is 0 Å². The molecule has 0 spiro atoms. The second-order valence-corrected chi connectivity index (χ2v) is 6.35. The summed E-state index contributed by atoms with van der Waals surface area (Å²) in [5.74, 6) is 1.79. The van der Waals surface area contributed by atoms with Crippen LogP contribution in [0.5, 0.6) is 11.5 Å². The van der Waals surface area contributed by atoms with E-state index in [-0.39, 0.29) is 0 Å². The Morgan fingerprint density at radius 2 is 1.86 bits per heavy atom. The van der Waals surface area contributed by atoms with E-state index >= 15 is 0 Å². The number of carbonyl (C=O) groups is 1. The molecule has 0 radical (unpaired) electrons. The van der Waals surface area contributed by atoms with Crippen LogP contribution in [0.4, 0.5) is 16.3 Å². The number of hydrogen-bond acceptors (Lipinski definition) is 8. The van der Waals surface area contributed by atoms with E-state index in [1.54, 1.807) is 45.5 Å². The first kappa shape index (κ1) is 19.5. The molecule has 146 valence electrons. The van der Waals surface area contributed by atoms with Gasteiger partial charge >= 0.3 is 6.03 Å².